The van der Waals surface area contributed by atoms with E-state index in [1.807, 2.05) is 31.2 Å². The Morgan fingerprint density at radius 1 is 1.12 bits per heavy atom. The van der Waals surface area contributed by atoms with Crippen LogP contribution in [-0.2, 0) is 6.61 Å². The molecule has 6 heteroatoms. The Kier molecular flexibility index (Phi) is 5.12. The molecule has 2 aromatic carbocycles. The number of amides is 1. The minimum Gasteiger partial charge on any atom is -0.406 e. The van der Waals surface area contributed by atoms with Crippen molar-refractivity contribution in [3.05, 3.63) is 99.7 Å². The van der Waals surface area contributed by atoms with Gasteiger partial charge < -0.3 is 10.2 Å². The number of pyridine rings is 1. The lowest BCUT2D eigenvalue weighted by Gasteiger charge is -2.10. The van der Waals surface area contributed by atoms with Crippen molar-refractivity contribution in [3.8, 4) is 0 Å². The number of hydrogen-bond acceptors (Lipinski definition) is 3. The SMILES string of the molecule is Cc1cccc(COn2cccc(C(=O)Nc3ccc(F)cc3)c2=O)c1. The molecule has 1 N–H and O–H groups in total. The summed E-state index contributed by atoms with van der Waals surface area (Å²) in [5, 5.41) is 2.56. The Balaban J connectivity index is 1.75. The summed E-state index contributed by atoms with van der Waals surface area (Å²) in [6, 6.07) is 16.0. The van der Waals surface area contributed by atoms with Crippen molar-refractivity contribution in [3.63, 3.8) is 0 Å². The number of nitrogens with zero attached hydrogens (tertiary/aromatic N) is 1. The fourth-order valence-electron chi connectivity index (χ4n) is 2.43. The Bertz CT molecular complexity index is 981. The zero-order chi connectivity index (χ0) is 18.5. The van der Waals surface area contributed by atoms with Crippen LogP contribution in [-0.4, -0.2) is 10.6 Å². The molecule has 0 aliphatic rings. The van der Waals surface area contributed by atoms with Gasteiger partial charge >= 0.3 is 0 Å². The van der Waals surface area contributed by atoms with Crippen molar-refractivity contribution in [1.29, 1.82) is 0 Å². The highest BCUT2D eigenvalue weighted by molar-refractivity contribution is 6.03. The molecule has 5 nitrogen and oxygen atoms in total. The van der Waals surface area contributed by atoms with Gasteiger partial charge in [0.05, 0.1) is 0 Å². The molecule has 1 aromatic heterocycles. The smallest absolute Gasteiger partial charge is 0.295 e. The first-order valence-electron chi connectivity index (χ1n) is 8.00. The number of carbonyl (C=O) groups is 1. The number of aryl methyl sites for hydroxylation is 1. The highest BCUT2D eigenvalue weighted by Gasteiger charge is 2.13. The largest absolute Gasteiger partial charge is 0.406 e. The molecule has 3 rings (SSSR count). The average molecular weight is 352 g/mol. The second kappa shape index (κ2) is 7.65. The Morgan fingerprint density at radius 2 is 1.88 bits per heavy atom. The fraction of sp³-hybridized carbons (Fsp3) is 0.100. The van der Waals surface area contributed by atoms with Crippen LogP contribution in [0.15, 0.2) is 71.7 Å². The van der Waals surface area contributed by atoms with E-state index in [2.05, 4.69) is 5.32 Å². The van der Waals surface area contributed by atoms with E-state index in [1.165, 1.54) is 36.5 Å². The number of halogens is 1. The Hall–Kier alpha value is -3.41. The van der Waals surface area contributed by atoms with E-state index in [4.69, 9.17) is 4.84 Å². The average Bonchev–Trinajstić information content (AvgIpc) is 2.63. The number of anilines is 1. The van der Waals surface area contributed by atoms with Crippen LogP contribution in [0.1, 0.15) is 21.5 Å². The van der Waals surface area contributed by atoms with Gasteiger partial charge in [0.15, 0.2) is 0 Å². The van der Waals surface area contributed by atoms with Gasteiger partial charge in [-0.1, -0.05) is 29.8 Å². The topological polar surface area (TPSA) is 60.3 Å². The molecule has 0 radical (unpaired) electrons. The van der Waals surface area contributed by atoms with Gasteiger partial charge in [0.1, 0.15) is 18.0 Å². The van der Waals surface area contributed by atoms with Crippen molar-refractivity contribution in [2.24, 2.45) is 0 Å². The van der Waals surface area contributed by atoms with Gasteiger partial charge in [-0.05, 0) is 48.9 Å². The fourth-order valence-corrected chi connectivity index (χ4v) is 2.43. The predicted molar refractivity (Wildman–Crippen MR) is 96.5 cm³/mol. The van der Waals surface area contributed by atoms with E-state index in [0.717, 1.165) is 15.9 Å². The molecule has 1 heterocycles. The number of hydrogen-bond donors (Lipinski definition) is 1. The number of aromatic nitrogens is 1. The van der Waals surface area contributed by atoms with Gasteiger partial charge in [0.2, 0.25) is 0 Å². The molecular formula is C20H17FN2O3. The minimum atomic E-state index is -0.588. The molecule has 0 bridgehead atoms. The number of carbonyl (C=O) groups excluding carboxylic acids is 1. The van der Waals surface area contributed by atoms with Gasteiger partial charge in [-0.2, -0.15) is 4.73 Å². The maximum atomic E-state index is 12.9. The van der Waals surface area contributed by atoms with Crippen molar-refractivity contribution < 1.29 is 14.0 Å². The second-order valence-electron chi connectivity index (χ2n) is 5.78. The van der Waals surface area contributed by atoms with Gasteiger partial charge in [0, 0.05) is 11.9 Å². The van der Waals surface area contributed by atoms with E-state index in [1.54, 1.807) is 6.07 Å². The molecule has 0 atom stereocenters. The monoisotopic (exact) mass is 352 g/mol. The maximum Gasteiger partial charge on any atom is 0.295 e. The highest BCUT2D eigenvalue weighted by Crippen LogP contribution is 2.09. The molecule has 1 amide bonds. The first kappa shape index (κ1) is 17.4. The van der Waals surface area contributed by atoms with Crippen LogP contribution < -0.4 is 15.7 Å². The highest BCUT2D eigenvalue weighted by atomic mass is 19.1. The molecule has 0 aliphatic heterocycles. The third-order valence-corrected chi connectivity index (χ3v) is 3.71. The zero-order valence-electron chi connectivity index (χ0n) is 14.1. The third kappa shape index (κ3) is 4.16. The van der Waals surface area contributed by atoms with Gasteiger partial charge in [-0.3, -0.25) is 9.59 Å². The molecular weight excluding hydrogens is 335 g/mol. The molecule has 0 fully saturated rings. The Morgan fingerprint density at radius 3 is 2.62 bits per heavy atom. The summed E-state index contributed by atoms with van der Waals surface area (Å²) in [6.07, 6.45) is 1.45. The van der Waals surface area contributed by atoms with Crippen LogP contribution in [0.5, 0.6) is 0 Å². The van der Waals surface area contributed by atoms with Crippen LogP contribution >= 0.6 is 0 Å². The first-order valence-corrected chi connectivity index (χ1v) is 8.00. The maximum absolute atomic E-state index is 12.9. The number of rotatable bonds is 5. The molecule has 0 saturated carbocycles. The molecule has 0 unspecified atom stereocenters. The first-order chi connectivity index (χ1) is 12.5. The summed E-state index contributed by atoms with van der Waals surface area (Å²) in [5.74, 6) is -0.996. The summed E-state index contributed by atoms with van der Waals surface area (Å²) in [7, 11) is 0. The minimum absolute atomic E-state index is 0.0685. The standard InChI is InChI=1S/C20H17FN2O3/c1-14-4-2-5-15(12-14)13-26-23-11-3-6-18(20(23)25)19(24)22-17-9-7-16(21)8-10-17/h2-12H,13H2,1H3,(H,22,24). The van der Waals surface area contributed by atoms with Crippen molar-refractivity contribution in [1.82, 2.24) is 4.73 Å². The quantitative estimate of drug-likeness (QED) is 0.767. The van der Waals surface area contributed by atoms with Crippen molar-refractivity contribution in [2.45, 2.75) is 13.5 Å². The van der Waals surface area contributed by atoms with Crippen LogP contribution in [0.3, 0.4) is 0 Å². The summed E-state index contributed by atoms with van der Waals surface area (Å²) in [4.78, 5) is 30.3. The summed E-state index contributed by atoms with van der Waals surface area (Å²) in [6.45, 7) is 2.17. The van der Waals surface area contributed by atoms with Crippen LogP contribution in [0.25, 0.3) is 0 Å². The van der Waals surface area contributed by atoms with Crippen LogP contribution in [0.2, 0.25) is 0 Å². The lowest BCUT2D eigenvalue weighted by Crippen LogP contribution is -2.32. The molecule has 0 spiro atoms. The molecule has 0 saturated heterocycles. The van der Waals surface area contributed by atoms with E-state index in [0.29, 0.717) is 5.69 Å². The van der Waals surface area contributed by atoms with Crippen molar-refractivity contribution >= 4 is 11.6 Å². The normalized spacial score (nSPS) is 10.4. The zero-order valence-corrected chi connectivity index (χ0v) is 14.1. The van der Waals surface area contributed by atoms with Gasteiger partial charge in [-0.15, -0.1) is 0 Å². The third-order valence-electron chi connectivity index (χ3n) is 3.71. The van der Waals surface area contributed by atoms with E-state index in [-0.39, 0.29) is 12.2 Å². The molecule has 0 aliphatic carbocycles. The molecule has 3 aromatic rings. The van der Waals surface area contributed by atoms with Crippen molar-refractivity contribution in [2.75, 3.05) is 5.32 Å². The summed E-state index contributed by atoms with van der Waals surface area (Å²) in [5.41, 5.74) is 1.76. The second-order valence-corrected chi connectivity index (χ2v) is 5.78. The van der Waals surface area contributed by atoms with Crippen LogP contribution in [0.4, 0.5) is 10.1 Å². The number of nitrogens with one attached hydrogen (secondary N) is 1. The molecule has 26 heavy (non-hydrogen) atoms. The summed E-state index contributed by atoms with van der Waals surface area (Å²) < 4.78 is 14.0. The molecule has 132 valence electrons. The Labute approximate surface area is 149 Å². The van der Waals surface area contributed by atoms with Gasteiger partial charge in [0.25, 0.3) is 11.5 Å². The lowest BCUT2D eigenvalue weighted by atomic mass is 10.1. The van der Waals surface area contributed by atoms with Crippen LogP contribution in [0, 0.1) is 12.7 Å². The van der Waals surface area contributed by atoms with E-state index in [9.17, 15) is 14.0 Å². The van der Waals surface area contributed by atoms with E-state index >= 15 is 0 Å². The summed E-state index contributed by atoms with van der Waals surface area (Å²) >= 11 is 0. The lowest BCUT2D eigenvalue weighted by molar-refractivity contribution is 0.0863. The van der Waals surface area contributed by atoms with E-state index < -0.39 is 17.3 Å². The van der Waals surface area contributed by atoms with Gasteiger partial charge in [-0.25, -0.2) is 4.39 Å². The predicted octanol–water partition coefficient (Wildman–Crippen LogP) is 3.18. The number of benzene rings is 2.